The third kappa shape index (κ3) is 2.54. The van der Waals surface area contributed by atoms with Crippen molar-refractivity contribution in [2.24, 2.45) is 10.2 Å². The van der Waals surface area contributed by atoms with Gasteiger partial charge in [-0.05, 0) is 13.8 Å². The molecule has 0 amide bonds. The zero-order valence-electron chi connectivity index (χ0n) is 8.10. The first-order valence-corrected chi connectivity index (χ1v) is 6.47. The molecule has 0 aromatic rings. The highest BCUT2D eigenvalue weighted by Crippen LogP contribution is 2.28. The highest BCUT2D eigenvalue weighted by Gasteiger charge is 2.37. The van der Waals surface area contributed by atoms with E-state index in [-0.39, 0.29) is 17.9 Å². The van der Waals surface area contributed by atoms with Crippen LogP contribution >= 0.6 is 10.7 Å². The Bertz CT molecular complexity index is 440. The standard InChI is InChI=1S/C7H9ClN2O4S/c1-3-14-7(11)5-4(2)9-10-6(5)15(8,12)13/h6H,3H2,1-2H3/t6-/m0/s1. The Morgan fingerprint density at radius 2 is 2.20 bits per heavy atom. The number of nitrogens with zero attached hydrogens (tertiary/aromatic N) is 2. The van der Waals surface area contributed by atoms with E-state index in [2.05, 4.69) is 15.0 Å². The molecule has 0 aromatic heterocycles. The number of esters is 1. The minimum atomic E-state index is -3.99. The van der Waals surface area contributed by atoms with Crippen molar-refractivity contribution in [3.63, 3.8) is 0 Å². The molecule has 1 aliphatic heterocycles. The summed E-state index contributed by atoms with van der Waals surface area (Å²) >= 11 is 0. The second-order valence-corrected chi connectivity index (χ2v) is 5.45. The van der Waals surface area contributed by atoms with Gasteiger partial charge in [0.2, 0.25) is 5.37 Å². The molecule has 1 atom stereocenters. The Morgan fingerprint density at radius 3 is 2.67 bits per heavy atom. The van der Waals surface area contributed by atoms with Gasteiger partial charge >= 0.3 is 5.97 Å². The number of carbonyl (C=O) groups is 1. The van der Waals surface area contributed by atoms with Gasteiger partial charge in [0.25, 0.3) is 9.05 Å². The molecule has 8 heteroatoms. The van der Waals surface area contributed by atoms with E-state index in [9.17, 15) is 13.2 Å². The van der Waals surface area contributed by atoms with Crippen molar-refractivity contribution in [3.8, 4) is 0 Å². The number of hydrogen-bond donors (Lipinski definition) is 0. The quantitative estimate of drug-likeness (QED) is 0.558. The van der Waals surface area contributed by atoms with Crippen molar-refractivity contribution in [3.05, 3.63) is 11.3 Å². The van der Waals surface area contributed by atoms with Gasteiger partial charge in [-0.15, -0.1) is 0 Å². The van der Waals surface area contributed by atoms with Crippen LogP contribution in [0.15, 0.2) is 21.5 Å². The summed E-state index contributed by atoms with van der Waals surface area (Å²) in [7, 11) is 1.13. The molecular weight excluding hydrogens is 244 g/mol. The average molecular weight is 253 g/mol. The smallest absolute Gasteiger partial charge is 0.339 e. The number of ether oxygens (including phenoxy) is 1. The molecule has 84 valence electrons. The van der Waals surface area contributed by atoms with E-state index >= 15 is 0 Å². The highest BCUT2D eigenvalue weighted by atomic mass is 35.7. The van der Waals surface area contributed by atoms with Gasteiger partial charge in [0.05, 0.1) is 12.3 Å². The van der Waals surface area contributed by atoms with Gasteiger partial charge in [0.15, 0.2) is 0 Å². The first kappa shape index (κ1) is 12.1. The van der Waals surface area contributed by atoms with Crippen LogP contribution in [0.2, 0.25) is 0 Å². The Balaban J connectivity index is 3.06. The molecule has 0 fully saturated rings. The molecule has 0 unspecified atom stereocenters. The summed E-state index contributed by atoms with van der Waals surface area (Å²) in [4.78, 5) is 11.4. The first-order chi connectivity index (χ1) is 6.88. The summed E-state index contributed by atoms with van der Waals surface area (Å²) < 4.78 is 26.8. The van der Waals surface area contributed by atoms with Gasteiger partial charge in [-0.2, -0.15) is 10.2 Å². The van der Waals surface area contributed by atoms with Gasteiger partial charge in [-0.25, -0.2) is 13.2 Å². The van der Waals surface area contributed by atoms with Crippen LogP contribution in [-0.2, 0) is 18.6 Å². The summed E-state index contributed by atoms with van der Waals surface area (Å²) in [6, 6.07) is 0. The summed E-state index contributed by atoms with van der Waals surface area (Å²) in [5.74, 6) is -0.755. The van der Waals surface area contributed by atoms with Crippen molar-refractivity contribution < 1.29 is 17.9 Å². The maximum atomic E-state index is 11.4. The third-order valence-corrected chi connectivity index (χ3v) is 3.08. The topological polar surface area (TPSA) is 85.2 Å². The normalized spacial score (nSPS) is 20.9. The van der Waals surface area contributed by atoms with Crippen LogP contribution < -0.4 is 0 Å². The van der Waals surface area contributed by atoms with Crippen molar-refractivity contribution in [1.29, 1.82) is 0 Å². The van der Waals surface area contributed by atoms with E-state index in [4.69, 9.17) is 10.7 Å². The fourth-order valence-corrected chi connectivity index (χ4v) is 2.17. The lowest BCUT2D eigenvalue weighted by molar-refractivity contribution is -0.138. The Morgan fingerprint density at radius 1 is 1.60 bits per heavy atom. The molecule has 0 aliphatic carbocycles. The third-order valence-electron chi connectivity index (χ3n) is 1.71. The lowest BCUT2D eigenvalue weighted by atomic mass is 10.2. The number of allylic oxidation sites excluding steroid dienone is 1. The largest absolute Gasteiger partial charge is 0.462 e. The SMILES string of the molecule is CCOC(=O)C1=C(C)N=N[C@H]1S(=O)(=O)Cl. The van der Waals surface area contributed by atoms with Crippen molar-refractivity contribution in [2.45, 2.75) is 19.2 Å². The molecule has 15 heavy (non-hydrogen) atoms. The maximum Gasteiger partial charge on any atom is 0.339 e. The number of carbonyl (C=O) groups excluding carboxylic acids is 1. The van der Waals surface area contributed by atoms with Crippen molar-refractivity contribution in [1.82, 2.24) is 0 Å². The second-order valence-electron chi connectivity index (χ2n) is 2.76. The molecule has 1 aliphatic rings. The van der Waals surface area contributed by atoms with E-state index in [1.165, 1.54) is 6.92 Å². The van der Waals surface area contributed by atoms with Gasteiger partial charge in [-0.3, -0.25) is 0 Å². The molecule has 0 saturated carbocycles. The van der Waals surface area contributed by atoms with Gasteiger partial charge in [0, 0.05) is 10.7 Å². The maximum absolute atomic E-state index is 11.4. The van der Waals surface area contributed by atoms with E-state index in [1.807, 2.05) is 0 Å². The Labute approximate surface area is 91.4 Å². The molecule has 1 rings (SSSR count). The minimum Gasteiger partial charge on any atom is -0.462 e. The number of halogens is 1. The number of rotatable bonds is 3. The molecule has 0 N–H and O–H groups in total. The fraction of sp³-hybridized carbons (Fsp3) is 0.571. The minimum absolute atomic E-state index is 0.119. The Hall–Kier alpha value is -0.950. The van der Waals surface area contributed by atoms with Gasteiger partial charge < -0.3 is 4.74 Å². The van der Waals surface area contributed by atoms with Crippen LogP contribution in [0.5, 0.6) is 0 Å². The monoisotopic (exact) mass is 252 g/mol. The Kier molecular flexibility index (Phi) is 3.46. The predicted octanol–water partition coefficient (Wildman–Crippen LogP) is 1.18. The van der Waals surface area contributed by atoms with Crippen molar-refractivity contribution >= 4 is 25.7 Å². The van der Waals surface area contributed by atoms with Crippen LogP contribution in [0.3, 0.4) is 0 Å². The van der Waals surface area contributed by atoms with Gasteiger partial charge in [0.1, 0.15) is 5.57 Å². The van der Waals surface area contributed by atoms with Crippen LogP contribution in [0.4, 0.5) is 0 Å². The molecular formula is C7H9ClN2O4S. The summed E-state index contributed by atoms with van der Waals surface area (Å²) in [5, 5.41) is 5.47. The zero-order chi connectivity index (χ0) is 11.6. The molecule has 0 saturated heterocycles. The van der Waals surface area contributed by atoms with E-state index in [0.717, 1.165) is 0 Å². The average Bonchev–Trinajstić information content (AvgIpc) is 2.46. The molecule has 6 nitrogen and oxygen atoms in total. The summed E-state index contributed by atoms with van der Waals surface area (Å²) in [5.41, 5.74) is 0.0922. The summed E-state index contributed by atoms with van der Waals surface area (Å²) in [6.07, 6.45) is 0. The van der Waals surface area contributed by atoms with Gasteiger partial charge in [-0.1, -0.05) is 0 Å². The number of azo groups is 1. The lowest BCUT2D eigenvalue weighted by Gasteiger charge is -2.07. The molecule has 1 heterocycles. The lowest BCUT2D eigenvalue weighted by Crippen LogP contribution is -2.22. The molecule has 0 spiro atoms. The number of hydrogen-bond acceptors (Lipinski definition) is 6. The molecule has 0 aromatic carbocycles. The molecule has 0 bridgehead atoms. The van der Waals surface area contributed by atoms with Crippen LogP contribution in [0.1, 0.15) is 13.8 Å². The van der Waals surface area contributed by atoms with Crippen molar-refractivity contribution in [2.75, 3.05) is 6.61 Å². The van der Waals surface area contributed by atoms with Crippen LogP contribution in [0, 0.1) is 0 Å². The van der Waals surface area contributed by atoms with E-state index < -0.39 is 20.4 Å². The first-order valence-electron chi connectivity index (χ1n) is 4.10. The molecule has 0 radical (unpaired) electrons. The summed E-state index contributed by atoms with van der Waals surface area (Å²) in [6.45, 7) is 3.23. The van der Waals surface area contributed by atoms with E-state index in [1.54, 1.807) is 6.92 Å². The highest BCUT2D eigenvalue weighted by molar-refractivity contribution is 8.14. The van der Waals surface area contributed by atoms with Crippen LogP contribution in [-0.4, -0.2) is 26.4 Å². The fourth-order valence-electron chi connectivity index (χ4n) is 1.08. The van der Waals surface area contributed by atoms with Crippen LogP contribution in [0.25, 0.3) is 0 Å². The zero-order valence-corrected chi connectivity index (χ0v) is 9.67. The predicted molar refractivity (Wildman–Crippen MR) is 52.7 cm³/mol. The second kappa shape index (κ2) is 4.28. The van der Waals surface area contributed by atoms with E-state index in [0.29, 0.717) is 0 Å².